The topological polar surface area (TPSA) is 37.3 Å². The van der Waals surface area contributed by atoms with Gasteiger partial charge in [-0.3, -0.25) is 4.79 Å². The molecule has 2 nitrogen and oxygen atoms in total. The van der Waals surface area contributed by atoms with E-state index in [4.69, 9.17) is 18.0 Å². The van der Waals surface area contributed by atoms with Gasteiger partial charge < -0.3 is 5.11 Å². The van der Waals surface area contributed by atoms with Crippen molar-refractivity contribution < 1.29 is 9.90 Å². The molecule has 3 saturated carbocycles. The van der Waals surface area contributed by atoms with Gasteiger partial charge in [0.2, 0.25) is 0 Å². The van der Waals surface area contributed by atoms with Crippen LogP contribution in [0, 0.1) is 40.9 Å². The van der Waals surface area contributed by atoms with Gasteiger partial charge >= 0.3 is 0 Å². The molecular formula is C21H27ClO2. The predicted molar refractivity (Wildman–Crippen MR) is 95.5 cm³/mol. The van der Waals surface area contributed by atoms with Crippen LogP contribution in [0.1, 0.15) is 58.8 Å². The summed E-state index contributed by atoms with van der Waals surface area (Å²) in [6.07, 6.45) is 13.8. The number of hydrogen-bond donors (Lipinski definition) is 1. The average Bonchev–Trinajstić information content (AvgIpc) is 2.82. The van der Waals surface area contributed by atoms with E-state index in [-0.39, 0.29) is 22.0 Å². The van der Waals surface area contributed by atoms with Crippen molar-refractivity contribution in [2.45, 2.75) is 69.8 Å². The molecule has 4 rings (SSSR count). The van der Waals surface area contributed by atoms with Gasteiger partial charge in [-0.1, -0.05) is 19.8 Å². The number of terminal acetylenes is 1. The molecule has 0 aromatic rings. The first-order valence-corrected chi connectivity index (χ1v) is 9.78. The maximum absolute atomic E-state index is 11.9. The first-order chi connectivity index (χ1) is 11.2. The molecule has 0 spiro atoms. The summed E-state index contributed by atoms with van der Waals surface area (Å²) in [6, 6.07) is 0. The van der Waals surface area contributed by atoms with Crippen LogP contribution in [0.4, 0.5) is 0 Å². The summed E-state index contributed by atoms with van der Waals surface area (Å²) < 4.78 is 0. The lowest BCUT2D eigenvalue weighted by Crippen LogP contribution is -2.56. The lowest BCUT2D eigenvalue weighted by Gasteiger charge is -2.59. The molecular weight excluding hydrogens is 320 g/mol. The zero-order valence-corrected chi connectivity index (χ0v) is 15.4. The van der Waals surface area contributed by atoms with Crippen LogP contribution in [-0.2, 0) is 4.79 Å². The number of alkyl halides is 1. The minimum absolute atomic E-state index is 0.0431. The molecule has 0 aromatic carbocycles. The summed E-state index contributed by atoms with van der Waals surface area (Å²) in [5.74, 6) is 4.46. The molecule has 130 valence electrons. The van der Waals surface area contributed by atoms with Crippen molar-refractivity contribution in [1.29, 1.82) is 0 Å². The number of halogens is 1. The molecule has 0 aliphatic heterocycles. The molecule has 4 aliphatic carbocycles. The van der Waals surface area contributed by atoms with E-state index >= 15 is 0 Å². The summed E-state index contributed by atoms with van der Waals surface area (Å²) in [4.78, 5) is 11.9. The third-order valence-corrected chi connectivity index (χ3v) is 8.74. The van der Waals surface area contributed by atoms with Gasteiger partial charge in [-0.05, 0) is 73.3 Å². The van der Waals surface area contributed by atoms with Crippen molar-refractivity contribution in [3.05, 3.63) is 11.6 Å². The highest BCUT2D eigenvalue weighted by Gasteiger charge is 2.64. The number of carbonyl (C=O) groups excluding carboxylic acids is 1. The van der Waals surface area contributed by atoms with Crippen LogP contribution < -0.4 is 0 Å². The Bertz CT molecular complexity index is 661. The van der Waals surface area contributed by atoms with Gasteiger partial charge in [0, 0.05) is 11.8 Å². The van der Waals surface area contributed by atoms with Gasteiger partial charge in [0.15, 0.2) is 5.78 Å². The van der Waals surface area contributed by atoms with Crippen molar-refractivity contribution in [1.82, 2.24) is 0 Å². The second kappa shape index (κ2) is 5.12. The number of aliphatic hydroxyl groups is 1. The van der Waals surface area contributed by atoms with Gasteiger partial charge in [0.05, 0.1) is 5.38 Å². The first-order valence-electron chi connectivity index (χ1n) is 9.34. The Hall–Kier alpha value is -0.780. The number of ketones is 1. The van der Waals surface area contributed by atoms with Crippen molar-refractivity contribution in [2.24, 2.45) is 28.6 Å². The van der Waals surface area contributed by atoms with Crippen molar-refractivity contribution in [3.63, 3.8) is 0 Å². The van der Waals surface area contributed by atoms with E-state index in [9.17, 15) is 9.90 Å². The normalized spacial score (nSPS) is 53.5. The minimum Gasteiger partial charge on any atom is -0.377 e. The van der Waals surface area contributed by atoms with Crippen LogP contribution in [0.25, 0.3) is 0 Å². The van der Waals surface area contributed by atoms with Gasteiger partial charge in [0.25, 0.3) is 0 Å². The molecule has 3 heteroatoms. The minimum atomic E-state index is -0.968. The Balaban J connectivity index is 1.74. The summed E-state index contributed by atoms with van der Waals surface area (Å²) in [7, 11) is 0. The Morgan fingerprint density at radius 1 is 1.25 bits per heavy atom. The number of allylic oxidation sites excluding steroid dienone is 1. The smallest absolute Gasteiger partial charge is 0.155 e. The lowest BCUT2D eigenvalue weighted by molar-refractivity contribution is -0.119. The molecule has 0 heterocycles. The molecule has 0 unspecified atom stereocenters. The molecule has 0 aromatic heterocycles. The van der Waals surface area contributed by atoms with E-state index in [0.717, 1.165) is 32.1 Å². The number of carbonyl (C=O) groups is 1. The van der Waals surface area contributed by atoms with Gasteiger partial charge in [-0.2, -0.15) is 0 Å². The summed E-state index contributed by atoms with van der Waals surface area (Å²) in [6.45, 7) is 4.52. The van der Waals surface area contributed by atoms with E-state index in [2.05, 4.69) is 19.8 Å². The fourth-order valence-electron chi connectivity index (χ4n) is 6.81. The Kier molecular flexibility index (Phi) is 3.56. The molecule has 0 saturated heterocycles. The number of rotatable bonds is 0. The third-order valence-electron chi connectivity index (χ3n) is 8.33. The third kappa shape index (κ3) is 1.92. The molecule has 0 bridgehead atoms. The van der Waals surface area contributed by atoms with Gasteiger partial charge in [-0.15, -0.1) is 18.0 Å². The number of hydrogen-bond acceptors (Lipinski definition) is 2. The Morgan fingerprint density at radius 3 is 2.67 bits per heavy atom. The quantitative estimate of drug-likeness (QED) is 0.529. The van der Waals surface area contributed by atoms with E-state index in [1.54, 1.807) is 0 Å². The van der Waals surface area contributed by atoms with E-state index < -0.39 is 5.60 Å². The number of fused-ring (bicyclic) bond motifs is 5. The highest BCUT2D eigenvalue weighted by Crippen LogP contribution is 2.67. The molecule has 7 atom stereocenters. The standard InChI is InChI=1S/C21H27ClO2/c1-4-21(24)10-7-16-14-12-18(22)17-11-13(23)5-8-19(17,2)15(14)6-9-20(16,21)3/h1,11,14-16,18,24H,5-10,12H2,2-3H3/t14-,15+,16+,18+,19-,20+,21+/m1/s1. The molecule has 3 fully saturated rings. The summed E-state index contributed by atoms with van der Waals surface area (Å²) in [5, 5.41) is 11.0. The van der Waals surface area contributed by atoms with Crippen LogP contribution >= 0.6 is 11.6 Å². The summed E-state index contributed by atoms with van der Waals surface area (Å²) >= 11 is 6.78. The highest BCUT2D eigenvalue weighted by atomic mass is 35.5. The average molecular weight is 347 g/mol. The lowest BCUT2D eigenvalue weighted by atomic mass is 9.46. The second-order valence-electron chi connectivity index (χ2n) is 9.06. The fraction of sp³-hybridized carbons (Fsp3) is 0.762. The molecule has 0 amide bonds. The van der Waals surface area contributed by atoms with Crippen LogP contribution in [0.5, 0.6) is 0 Å². The first kappa shape index (κ1) is 16.7. The van der Waals surface area contributed by atoms with Crippen molar-refractivity contribution in [3.8, 4) is 12.3 Å². The maximum Gasteiger partial charge on any atom is 0.155 e. The maximum atomic E-state index is 11.9. The van der Waals surface area contributed by atoms with Crippen LogP contribution in [0.2, 0.25) is 0 Å². The molecule has 0 radical (unpaired) electrons. The Morgan fingerprint density at radius 2 is 1.96 bits per heavy atom. The largest absolute Gasteiger partial charge is 0.377 e. The Labute approximate surface area is 150 Å². The molecule has 1 N–H and O–H groups in total. The summed E-state index contributed by atoms with van der Waals surface area (Å²) in [5.41, 5.74) is 0.0583. The monoisotopic (exact) mass is 346 g/mol. The predicted octanol–water partition coefficient (Wildman–Crippen LogP) is 4.10. The molecule has 4 aliphatic rings. The molecule has 24 heavy (non-hydrogen) atoms. The SMILES string of the molecule is C#C[C@]1(O)CC[C@H]2[C@@H]3C[C@H](Cl)C4=CC(=O)CC[C@]4(C)[C@H]3CC[C@@]21C. The van der Waals surface area contributed by atoms with E-state index in [1.807, 2.05) is 6.08 Å². The van der Waals surface area contributed by atoms with Gasteiger partial charge in [-0.25, -0.2) is 0 Å². The zero-order chi connectivity index (χ0) is 17.3. The second-order valence-corrected chi connectivity index (χ2v) is 9.59. The zero-order valence-electron chi connectivity index (χ0n) is 14.6. The van der Waals surface area contributed by atoms with Crippen molar-refractivity contribution in [2.75, 3.05) is 0 Å². The van der Waals surface area contributed by atoms with Crippen LogP contribution in [0.15, 0.2) is 11.6 Å². The van der Waals surface area contributed by atoms with Crippen LogP contribution in [-0.4, -0.2) is 21.9 Å². The van der Waals surface area contributed by atoms with Crippen LogP contribution in [0.3, 0.4) is 0 Å². The fourth-order valence-corrected chi connectivity index (χ4v) is 7.33. The highest BCUT2D eigenvalue weighted by molar-refractivity contribution is 6.23. The van der Waals surface area contributed by atoms with Crippen molar-refractivity contribution >= 4 is 17.4 Å². The van der Waals surface area contributed by atoms with Gasteiger partial charge in [0.1, 0.15) is 5.60 Å². The van der Waals surface area contributed by atoms with E-state index in [1.165, 1.54) is 5.57 Å². The van der Waals surface area contributed by atoms with E-state index in [0.29, 0.717) is 30.6 Å².